The number of rotatable bonds is 5. The number of anilines is 1. The molecule has 1 amide bonds. The maximum Gasteiger partial charge on any atom is 0.315 e. The second-order valence-electron chi connectivity index (χ2n) is 4.45. The fourth-order valence-corrected chi connectivity index (χ4v) is 2.25. The number of amides is 1. The number of phenols is 2. The molecule has 1 heterocycles. The van der Waals surface area contributed by atoms with E-state index < -0.39 is 40.0 Å². The molecule has 124 valence electrons. The third kappa shape index (κ3) is 3.37. The van der Waals surface area contributed by atoms with E-state index in [9.17, 15) is 30.2 Å². The van der Waals surface area contributed by atoms with Gasteiger partial charge in [0.1, 0.15) is 12.4 Å². The number of aliphatic hydroxyl groups excluding tert-OH is 1. The van der Waals surface area contributed by atoms with E-state index in [4.69, 9.17) is 5.26 Å². The van der Waals surface area contributed by atoms with Crippen LogP contribution in [-0.2, 0) is 4.79 Å². The number of nitro groups is 1. The number of carbonyl (C=O) groups is 1. The predicted molar refractivity (Wildman–Crippen MR) is 79.0 cm³/mol. The number of aromatic nitrogens is 2. The van der Waals surface area contributed by atoms with Gasteiger partial charge in [-0.25, -0.2) is 4.98 Å². The van der Waals surface area contributed by atoms with Crippen LogP contribution in [0.2, 0.25) is 0 Å². The summed E-state index contributed by atoms with van der Waals surface area (Å²) in [5, 5.41) is 51.4. The third-order valence-electron chi connectivity index (χ3n) is 2.96. The molecule has 11 nitrogen and oxygen atoms in total. The first-order valence-corrected chi connectivity index (χ1v) is 6.98. The van der Waals surface area contributed by atoms with Crippen LogP contribution in [0, 0.1) is 27.4 Å². The number of hydrogen-bond donors (Lipinski definition) is 4. The fourth-order valence-electron chi connectivity index (χ4n) is 1.81. The molecule has 0 fully saturated rings. The summed E-state index contributed by atoms with van der Waals surface area (Å²) in [6.07, 6.45) is -0.604. The SMILES string of the molecule is N#CC(C(=O)Nc1ncns1)C(O)c1cc(O)c(O)c([N+](=O)[O-])c1. The van der Waals surface area contributed by atoms with Crippen LogP contribution in [0.4, 0.5) is 10.8 Å². The average Bonchev–Trinajstić information content (AvgIpc) is 3.02. The Balaban J connectivity index is 2.31. The molecule has 2 unspecified atom stereocenters. The Morgan fingerprint density at radius 1 is 1.46 bits per heavy atom. The lowest BCUT2D eigenvalue weighted by atomic mass is 9.95. The van der Waals surface area contributed by atoms with Crippen molar-refractivity contribution in [2.24, 2.45) is 5.92 Å². The highest BCUT2D eigenvalue weighted by atomic mass is 32.1. The van der Waals surface area contributed by atoms with E-state index in [1.54, 1.807) is 6.07 Å². The highest BCUT2D eigenvalue weighted by molar-refractivity contribution is 7.09. The molecule has 1 aromatic heterocycles. The van der Waals surface area contributed by atoms with E-state index in [1.165, 1.54) is 6.33 Å². The number of hydrogen-bond acceptors (Lipinski definition) is 10. The van der Waals surface area contributed by atoms with Crippen LogP contribution in [0.15, 0.2) is 18.5 Å². The third-order valence-corrected chi connectivity index (χ3v) is 3.54. The molecule has 2 rings (SSSR count). The number of aliphatic hydroxyl groups is 1. The lowest BCUT2D eigenvalue weighted by Crippen LogP contribution is -2.27. The van der Waals surface area contributed by atoms with Crippen LogP contribution in [0.3, 0.4) is 0 Å². The maximum absolute atomic E-state index is 12.0. The first kappa shape index (κ1) is 17.1. The van der Waals surface area contributed by atoms with Crippen LogP contribution >= 0.6 is 11.5 Å². The summed E-state index contributed by atoms with van der Waals surface area (Å²) in [4.78, 5) is 25.6. The van der Waals surface area contributed by atoms with Gasteiger partial charge in [0, 0.05) is 17.6 Å². The standard InChI is InChI=1S/C12H9N5O6S/c13-3-6(11(21)16-12-14-4-15-24-12)9(19)5-1-7(17(22)23)10(20)8(18)2-5/h1-2,4,6,9,18-20H,(H,14,15,16,21). The molecule has 0 aliphatic heterocycles. The molecular weight excluding hydrogens is 342 g/mol. The van der Waals surface area contributed by atoms with E-state index in [1.807, 2.05) is 0 Å². The summed E-state index contributed by atoms with van der Waals surface area (Å²) in [5.74, 6) is -4.39. The van der Waals surface area contributed by atoms with Gasteiger partial charge in [-0.3, -0.25) is 20.2 Å². The minimum atomic E-state index is -1.78. The van der Waals surface area contributed by atoms with Crippen molar-refractivity contribution in [3.8, 4) is 17.6 Å². The number of nitriles is 1. The summed E-state index contributed by atoms with van der Waals surface area (Å²) in [6.45, 7) is 0. The quantitative estimate of drug-likeness (QED) is 0.341. The summed E-state index contributed by atoms with van der Waals surface area (Å²) in [7, 11) is 0. The number of nitrogens with zero attached hydrogens (tertiary/aromatic N) is 4. The summed E-state index contributed by atoms with van der Waals surface area (Å²) in [6, 6.07) is 3.17. The second kappa shape index (κ2) is 6.86. The Labute approximate surface area is 137 Å². The molecule has 0 saturated carbocycles. The number of nitrogens with one attached hydrogen (secondary N) is 1. The van der Waals surface area contributed by atoms with Crippen molar-refractivity contribution >= 4 is 28.3 Å². The first-order chi connectivity index (χ1) is 11.3. The molecule has 4 N–H and O–H groups in total. The van der Waals surface area contributed by atoms with Gasteiger partial charge in [0.15, 0.2) is 11.7 Å². The minimum absolute atomic E-state index is 0.104. The van der Waals surface area contributed by atoms with E-state index in [0.717, 1.165) is 23.7 Å². The molecule has 0 bridgehead atoms. The monoisotopic (exact) mass is 351 g/mol. The van der Waals surface area contributed by atoms with E-state index in [0.29, 0.717) is 0 Å². The molecular formula is C12H9N5O6S. The van der Waals surface area contributed by atoms with Gasteiger partial charge in [-0.15, -0.1) is 0 Å². The van der Waals surface area contributed by atoms with E-state index in [2.05, 4.69) is 14.7 Å². The Kier molecular flexibility index (Phi) is 4.87. The van der Waals surface area contributed by atoms with Gasteiger partial charge in [-0.05, 0) is 11.6 Å². The molecule has 0 aliphatic rings. The lowest BCUT2D eigenvalue weighted by Gasteiger charge is -2.16. The summed E-state index contributed by atoms with van der Waals surface area (Å²) >= 11 is 0.851. The largest absolute Gasteiger partial charge is 0.504 e. The summed E-state index contributed by atoms with van der Waals surface area (Å²) in [5.41, 5.74) is -1.15. The van der Waals surface area contributed by atoms with E-state index >= 15 is 0 Å². The van der Waals surface area contributed by atoms with Crippen molar-refractivity contribution < 1.29 is 25.0 Å². The van der Waals surface area contributed by atoms with Crippen LogP contribution in [-0.4, -0.2) is 35.5 Å². The van der Waals surface area contributed by atoms with Crippen molar-refractivity contribution in [3.63, 3.8) is 0 Å². The Morgan fingerprint density at radius 3 is 2.71 bits per heavy atom. The predicted octanol–water partition coefficient (Wildman–Crippen LogP) is 0.669. The molecule has 2 aromatic rings. The van der Waals surface area contributed by atoms with Gasteiger partial charge < -0.3 is 15.3 Å². The normalized spacial score (nSPS) is 12.8. The number of carbonyl (C=O) groups excluding carboxylic acids is 1. The van der Waals surface area contributed by atoms with Crippen LogP contribution in [0.5, 0.6) is 11.5 Å². The Morgan fingerprint density at radius 2 is 2.17 bits per heavy atom. The summed E-state index contributed by atoms with van der Waals surface area (Å²) < 4.78 is 3.65. The number of benzene rings is 1. The van der Waals surface area contributed by atoms with Crippen molar-refractivity contribution in [3.05, 3.63) is 34.1 Å². The van der Waals surface area contributed by atoms with Gasteiger partial charge in [0.25, 0.3) is 0 Å². The van der Waals surface area contributed by atoms with Crippen LogP contribution in [0.1, 0.15) is 11.7 Å². The molecule has 0 radical (unpaired) electrons. The Bertz CT molecular complexity index is 818. The molecule has 12 heteroatoms. The zero-order valence-electron chi connectivity index (χ0n) is 11.7. The van der Waals surface area contributed by atoms with Crippen molar-refractivity contribution in [2.45, 2.75) is 6.10 Å². The van der Waals surface area contributed by atoms with Gasteiger partial charge in [0.05, 0.1) is 11.0 Å². The smallest absolute Gasteiger partial charge is 0.315 e. The molecule has 0 aliphatic carbocycles. The lowest BCUT2D eigenvalue weighted by molar-refractivity contribution is -0.386. The number of aromatic hydroxyl groups is 2. The van der Waals surface area contributed by atoms with E-state index in [-0.39, 0.29) is 10.7 Å². The molecule has 2 atom stereocenters. The van der Waals surface area contributed by atoms with Gasteiger partial charge in [-0.2, -0.15) is 9.64 Å². The van der Waals surface area contributed by atoms with Crippen LogP contribution < -0.4 is 5.32 Å². The zero-order chi connectivity index (χ0) is 17.9. The Hall–Kier alpha value is -3.30. The molecule has 1 aromatic carbocycles. The minimum Gasteiger partial charge on any atom is -0.504 e. The average molecular weight is 351 g/mol. The maximum atomic E-state index is 12.0. The van der Waals surface area contributed by atoms with Crippen molar-refractivity contribution in [1.82, 2.24) is 9.36 Å². The number of phenolic OH excluding ortho intramolecular Hbond substituents is 2. The highest BCUT2D eigenvalue weighted by Crippen LogP contribution is 2.39. The molecule has 0 saturated heterocycles. The van der Waals surface area contributed by atoms with Gasteiger partial charge in [-0.1, -0.05) is 0 Å². The van der Waals surface area contributed by atoms with Crippen molar-refractivity contribution in [2.75, 3.05) is 5.32 Å². The first-order valence-electron chi connectivity index (χ1n) is 6.20. The van der Waals surface area contributed by atoms with Gasteiger partial charge in [0.2, 0.25) is 16.8 Å². The van der Waals surface area contributed by atoms with Crippen molar-refractivity contribution in [1.29, 1.82) is 5.26 Å². The van der Waals surface area contributed by atoms with Crippen LogP contribution in [0.25, 0.3) is 0 Å². The molecule has 0 spiro atoms. The van der Waals surface area contributed by atoms with Gasteiger partial charge >= 0.3 is 5.69 Å². The fraction of sp³-hybridized carbons (Fsp3) is 0.167. The highest BCUT2D eigenvalue weighted by Gasteiger charge is 2.31. The second-order valence-corrected chi connectivity index (χ2v) is 5.23. The molecule has 24 heavy (non-hydrogen) atoms. The number of nitro benzene ring substituents is 1. The zero-order valence-corrected chi connectivity index (χ0v) is 12.5. The topological polar surface area (TPSA) is 182 Å².